The van der Waals surface area contributed by atoms with E-state index in [1.807, 2.05) is 30.3 Å². The van der Waals surface area contributed by atoms with E-state index in [0.717, 1.165) is 30.8 Å². The zero-order chi connectivity index (χ0) is 15.6. The molecule has 1 atom stereocenters. The Bertz CT molecular complexity index is 789. The number of aromatic nitrogens is 4. The minimum Gasteiger partial charge on any atom is -0.332 e. The van der Waals surface area contributed by atoms with Crippen LogP contribution in [0, 0.1) is 0 Å². The van der Waals surface area contributed by atoms with Crippen molar-refractivity contribution >= 4 is 11.6 Å². The molecule has 0 saturated carbocycles. The van der Waals surface area contributed by atoms with Gasteiger partial charge in [0.1, 0.15) is 0 Å². The van der Waals surface area contributed by atoms with Crippen molar-refractivity contribution in [3.63, 3.8) is 0 Å². The van der Waals surface area contributed by atoms with Gasteiger partial charge in [0.25, 0.3) is 5.89 Å². The number of benzene rings is 1. The molecule has 2 aromatic heterocycles. The van der Waals surface area contributed by atoms with Gasteiger partial charge in [0.15, 0.2) is 11.5 Å². The summed E-state index contributed by atoms with van der Waals surface area (Å²) >= 11 is 5.89. The third-order valence-electron chi connectivity index (χ3n) is 4.06. The van der Waals surface area contributed by atoms with E-state index in [0.29, 0.717) is 34.8 Å². The topological polar surface area (TPSA) is 79.6 Å². The minimum atomic E-state index is 0.447. The summed E-state index contributed by atoms with van der Waals surface area (Å²) in [5, 5.41) is 15.5. The number of nitrogens with zero attached hydrogens (tertiary/aromatic N) is 3. The van der Waals surface area contributed by atoms with E-state index in [9.17, 15) is 0 Å². The first-order chi connectivity index (χ1) is 11.3. The second-order valence-corrected chi connectivity index (χ2v) is 6.15. The molecule has 6 nitrogen and oxygen atoms in total. The minimum absolute atomic E-state index is 0.447. The predicted molar refractivity (Wildman–Crippen MR) is 86.4 cm³/mol. The standard InChI is InChI=1S/C16H16ClN5O/c17-12-3-1-10(2-4-12)7-15-19-16(23-22-15)14-8-13(20-21-14)11-5-6-18-9-11/h1-4,8,11,18H,5-7,9H2,(H,20,21). The molecule has 1 unspecified atom stereocenters. The largest absolute Gasteiger partial charge is 0.332 e. The molecule has 0 aliphatic carbocycles. The number of nitrogens with one attached hydrogen (secondary N) is 2. The Morgan fingerprint density at radius 3 is 2.91 bits per heavy atom. The normalized spacial score (nSPS) is 17.7. The quantitative estimate of drug-likeness (QED) is 0.769. The number of H-pyrrole nitrogens is 1. The van der Waals surface area contributed by atoms with Crippen LogP contribution in [0.25, 0.3) is 11.6 Å². The molecule has 4 rings (SSSR count). The lowest BCUT2D eigenvalue weighted by atomic mass is 10.1. The zero-order valence-corrected chi connectivity index (χ0v) is 13.2. The Kier molecular flexibility index (Phi) is 3.85. The van der Waals surface area contributed by atoms with Gasteiger partial charge in [0.05, 0.1) is 0 Å². The monoisotopic (exact) mass is 329 g/mol. The molecule has 0 amide bonds. The van der Waals surface area contributed by atoms with Gasteiger partial charge in [0.2, 0.25) is 0 Å². The summed E-state index contributed by atoms with van der Waals surface area (Å²) < 4.78 is 5.34. The average Bonchev–Trinajstić information content (AvgIpc) is 3.30. The molecule has 1 saturated heterocycles. The fourth-order valence-corrected chi connectivity index (χ4v) is 2.92. The van der Waals surface area contributed by atoms with Crippen molar-refractivity contribution in [3.05, 3.63) is 52.4 Å². The van der Waals surface area contributed by atoms with Crippen LogP contribution in [0.2, 0.25) is 5.02 Å². The summed E-state index contributed by atoms with van der Waals surface area (Å²) in [6.45, 7) is 2.03. The van der Waals surface area contributed by atoms with E-state index in [1.165, 1.54) is 0 Å². The lowest BCUT2D eigenvalue weighted by molar-refractivity contribution is 0.422. The third kappa shape index (κ3) is 3.13. The molecule has 0 spiro atoms. The van der Waals surface area contributed by atoms with E-state index in [-0.39, 0.29) is 0 Å². The number of hydrogen-bond donors (Lipinski definition) is 2. The van der Waals surface area contributed by atoms with Gasteiger partial charge in [-0.25, -0.2) is 0 Å². The fourth-order valence-electron chi connectivity index (χ4n) is 2.79. The molecule has 2 N–H and O–H groups in total. The molecule has 7 heteroatoms. The van der Waals surface area contributed by atoms with Crippen LogP contribution in [0.3, 0.4) is 0 Å². The molecular weight excluding hydrogens is 314 g/mol. The van der Waals surface area contributed by atoms with E-state index in [2.05, 4.69) is 25.7 Å². The number of aromatic amines is 1. The molecule has 3 heterocycles. The van der Waals surface area contributed by atoms with Gasteiger partial charge in [-0.2, -0.15) is 10.1 Å². The maximum Gasteiger partial charge on any atom is 0.278 e. The molecule has 0 bridgehead atoms. The highest BCUT2D eigenvalue weighted by Crippen LogP contribution is 2.24. The van der Waals surface area contributed by atoms with Gasteiger partial charge < -0.3 is 9.84 Å². The molecule has 118 valence electrons. The van der Waals surface area contributed by atoms with E-state index < -0.39 is 0 Å². The Morgan fingerprint density at radius 1 is 1.26 bits per heavy atom. The van der Waals surface area contributed by atoms with Gasteiger partial charge in [-0.1, -0.05) is 28.9 Å². The Hall–Kier alpha value is -2.18. The van der Waals surface area contributed by atoms with Crippen LogP contribution in [-0.2, 0) is 6.42 Å². The molecule has 1 aromatic carbocycles. The molecule has 0 radical (unpaired) electrons. The maximum atomic E-state index is 5.89. The highest BCUT2D eigenvalue weighted by Gasteiger charge is 2.20. The zero-order valence-electron chi connectivity index (χ0n) is 12.4. The van der Waals surface area contributed by atoms with E-state index in [4.69, 9.17) is 16.1 Å². The smallest absolute Gasteiger partial charge is 0.278 e. The lowest BCUT2D eigenvalue weighted by Crippen LogP contribution is -2.08. The third-order valence-corrected chi connectivity index (χ3v) is 4.31. The Morgan fingerprint density at radius 2 is 2.13 bits per heavy atom. The summed E-state index contributed by atoms with van der Waals surface area (Å²) in [5.74, 6) is 1.56. The number of hydrogen-bond acceptors (Lipinski definition) is 5. The molecule has 1 aliphatic heterocycles. The summed E-state index contributed by atoms with van der Waals surface area (Å²) in [7, 11) is 0. The molecule has 1 fully saturated rings. The Balaban J connectivity index is 1.50. The van der Waals surface area contributed by atoms with Crippen LogP contribution >= 0.6 is 11.6 Å². The van der Waals surface area contributed by atoms with Crippen LogP contribution < -0.4 is 5.32 Å². The first-order valence-electron chi connectivity index (χ1n) is 7.61. The first kappa shape index (κ1) is 14.4. The molecule has 1 aliphatic rings. The molecular formula is C16H16ClN5O. The average molecular weight is 330 g/mol. The highest BCUT2D eigenvalue weighted by molar-refractivity contribution is 6.30. The van der Waals surface area contributed by atoms with Crippen LogP contribution in [0.5, 0.6) is 0 Å². The summed E-state index contributed by atoms with van der Waals surface area (Å²) in [4.78, 5) is 4.43. The fraction of sp³-hybridized carbons (Fsp3) is 0.312. The second-order valence-electron chi connectivity index (χ2n) is 5.72. The van der Waals surface area contributed by atoms with Crippen molar-refractivity contribution in [2.75, 3.05) is 13.1 Å². The maximum absolute atomic E-state index is 5.89. The Labute approximate surface area is 138 Å². The van der Waals surface area contributed by atoms with Crippen LogP contribution in [0.15, 0.2) is 34.9 Å². The van der Waals surface area contributed by atoms with Crippen molar-refractivity contribution in [1.82, 2.24) is 25.7 Å². The summed E-state index contributed by atoms with van der Waals surface area (Å²) in [6.07, 6.45) is 1.72. The van der Waals surface area contributed by atoms with Gasteiger partial charge in [-0.3, -0.25) is 5.10 Å². The van der Waals surface area contributed by atoms with Crippen molar-refractivity contribution in [3.8, 4) is 11.6 Å². The SMILES string of the molecule is Clc1ccc(Cc2noc(-c3cc(C4CCNC4)[nH]n3)n2)cc1. The van der Waals surface area contributed by atoms with Crippen LogP contribution in [-0.4, -0.2) is 33.4 Å². The second kappa shape index (κ2) is 6.14. The van der Waals surface area contributed by atoms with Gasteiger partial charge >= 0.3 is 0 Å². The van der Waals surface area contributed by atoms with Gasteiger partial charge in [-0.15, -0.1) is 0 Å². The van der Waals surface area contributed by atoms with Crippen LogP contribution in [0.4, 0.5) is 0 Å². The number of halogens is 1. The highest BCUT2D eigenvalue weighted by atomic mass is 35.5. The summed E-state index contributed by atoms with van der Waals surface area (Å²) in [6, 6.07) is 9.62. The first-order valence-corrected chi connectivity index (χ1v) is 7.99. The van der Waals surface area contributed by atoms with E-state index >= 15 is 0 Å². The van der Waals surface area contributed by atoms with Crippen molar-refractivity contribution in [2.45, 2.75) is 18.8 Å². The number of rotatable bonds is 4. The summed E-state index contributed by atoms with van der Waals surface area (Å²) in [5.41, 5.74) is 2.89. The van der Waals surface area contributed by atoms with Gasteiger partial charge in [0, 0.05) is 29.6 Å². The molecule has 23 heavy (non-hydrogen) atoms. The van der Waals surface area contributed by atoms with Crippen molar-refractivity contribution < 1.29 is 4.52 Å². The van der Waals surface area contributed by atoms with Crippen LogP contribution in [0.1, 0.15) is 29.4 Å². The van der Waals surface area contributed by atoms with Gasteiger partial charge in [-0.05, 0) is 36.7 Å². The van der Waals surface area contributed by atoms with Crippen molar-refractivity contribution in [2.24, 2.45) is 0 Å². The molecule has 3 aromatic rings. The predicted octanol–water partition coefficient (Wildman–Crippen LogP) is 2.78. The van der Waals surface area contributed by atoms with E-state index in [1.54, 1.807) is 0 Å². The lowest BCUT2D eigenvalue weighted by Gasteiger charge is -2.02. The van der Waals surface area contributed by atoms with Crippen molar-refractivity contribution in [1.29, 1.82) is 0 Å².